The van der Waals surface area contributed by atoms with Crippen molar-refractivity contribution in [3.8, 4) is 0 Å². The van der Waals surface area contributed by atoms with Gasteiger partial charge in [-0.15, -0.1) is 0 Å². The van der Waals surface area contributed by atoms with Gasteiger partial charge in [-0.25, -0.2) is 0 Å². The molecule has 1 heterocycles. The van der Waals surface area contributed by atoms with Crippen LogP contribution in [0.1, 0.15) is 19.8 Å². The maximum Gasteiger partial charge on any atom is 0.243 e. The Bertz CT molecular complexity index is 253. The van der Waals surface area contributed by atoms with Gasteiger partial charge in [-0.2, -0.15) is 0 Å². The topological polar surface area (TPSA) is 60.9 Å². The highest BCUT2D eigenvalue weighted by Gasteiger charge is 2.26. The summed E-state index contributed by atoms with van der Waals surface area (Å²) in [5, 5.41) is 9.12. The summed E-state index contributed by atoms with van der Waals surface area (Å²) in [6, 6.07) is 0. The molecule has 1 unspecified atom stereocenters. The van der Waals surface area contributed by atoms with Gasteiger partial charge in [-0.3, -0.25) is 19.4 Å². The number of likely N-dealkylation sites (N-methyl/N-ethyl adjacent to an activating group) is 1. The SMILES string of the molecule is CC(O)CN(C)CC(=O)N1CCCC1=O. The average Bonchev–Trinajstić information content (AvgIpc) is 2.49. The van der Waals surface area contributed by atoms with E-state index in [1.807, 2.05) is 0 Å². The number of nitrogens with zero attached hydrogens (tertiary/aromatic N) is 2. The molecule has 0 saturated carbocycles. The lowest BCUT2D eigenvalue weighted by molar-refractivity contribution is -0.142. The lowest BCUT2D eigenvalue weighted by Crippen LogP contribution is -2.41. The molecule has 5 heteroatoms. The van der Waals surface area contributed by atoms with Crippen LogP contribution in [0.5, 0.6) is 0 Å². The Morgan fingerprint density at radius 2 is 2.33 bits per heavy atom. The molecule has 0 bridgehead atoms. The quantitative estimate of drug-likeness (QED) is 0.682. The maximum absolute atomic E-state index is 11.6. The number of imide groups is 1. The van der Waals surface area contributed by atoms with Gasteiger partial charge in [-0.05, 0) is 20.4 Å². The maximum atomic E-state index is 11.6. The Balaban J connectivity index is 2.38. The minimum atomic E-state index is -0.461. The first-order valence-corrected chi connectivity index (χ1v) is 5.20. The standard InChI is InChI=1S/C10H18N2O3/c1-8(13)6-11(2)7-10(15)12-5-3-4-9(12)14/h8,13H,3-7H2,1-2H3. The summed E-state index contributed by atoms with van der Waals surface area (Å²) in [5.74, 6) is -0.244. The molecule has 0 aromatic rings. The van der Waals surface area contributed by atoms with Gasteiger partial charge in [0.15, 0.2) is 0 Å². The van der Waals surface area contributed by atoms with E-state index in [1.165, 1.54) is 4.90 Å². The molecule has 1 N–H and O–H groups in total. The van der Waals surface area contributed by atoms with Crippen molar-refractivity contribution < 1.29 is 14.7 Å². The summed E-state index contributed by atoms with van der Waals surface area (Å²) in [4.78, 5) is 25.9. The van der Waals surface area contributed by atoms with E-state index in [-0.39, 0.29) is 18.4 Å². The lowest BCUT2D eigenvalue weighted by Gasteiger charge is -2.20. The number of rotatable bonds is 4. The Kier molecular flexibility index (Phi) is 4.23. The van der Waals surface area contributed by atoms with E-state index in [2.05, 4.69) is 0 Å². The second-order valence-corrected chi connectivity index (χ2v) is 4.09. The highest BCUT2D eigenvalue weighted by Crippen LogP contribution is 2.09. The molecule has 0 spiro atoms. The lowest BCUT2D eigenvalue weighted by atomic mass is 10.3. The minimum absolute atomic E-state index is 0.0783. The molecule has 0 radical (unpaired) electrons. The van der Waals surface area contributed by atoms with E-state index in [9.17, 15) is 9.59 Å². The van der Waals surface area contributed by atoms with Crippen molar-refractivity contribution in [3.05, 3.63) is 0 Å². The van der Waals surface area contributed by atoms with Crippen molar-refractivity contribution in [3.63, 3.8) is 0 Å². The summed E-state index contributed by atoms with van der Waals surface area (Å²) in [7, 11) is 1.76. The average molecular weight is 214 g/mol. The normalized spacial score (nSPS) is 18.7. The molecule has 0 aliphatic carbocycles. The molecule has 2 amide bonds. The molecule has 0 aromatic carbocycles. The van der Waals surface area contributed by atoms with Crippen LogP contribution in [0.4, 0.5) is 0 Å². The largest absolute Gasteiger partial charge is 0.392 e. The van der Waals surface area contributed by atoms with E-state index >= 15 is 0 Å². The van der Waals surface area contributed by atoms with Crippen LogP contribution in [0.2, 0.25) is 0 Å². The van der Waals surface area contributed by atoms with Gasteiger partial charge in [0.05, 0.1) is 12.6 Å². The zero-order valence-corrected chi connectivity index (χ0v) is 9.27. The van der Waals surface area contributed by atoms with Crippen LogP contribution in [-0.2, 0) is 9.59 Å². The van der Waals surface area contributed by atoms with E-state index < -0.39 is 6.10 Å². The van der Waals surface area contributed by atoms with Gasteiger partial charge in [0.1, 0.15) is 0 Å². The number of hydrogen-bond donors (Lipinski definition) is 1. The number of carbonyl (C=O) groups is 2. The van der Waals surface area contributed by atoms with Crippen molar-refractivity contribution >= 4 is 11.8 Å². The smallest absolute Gasteiger partial charge is 0.243 e. The van der Waals surface area contributed by atoms with Crippen molar-refractivity contribution in [2.45, 2.75) is 25.9 Å². The van der Waals surface area contributed by atoms with Gasteiger partial charge in [-0.1, -0.05) is 0 Å². The third-order valence-corrected chi connectivity index (χ3v) is 2.36. The van der Waals surface area contributed by atoms with E-state index in [4.69, 9.17) is 5.11 Å². The molecule has 0 aromatic heterocycles. The number of likely N-dealkylation sites (tertiary alicyclic amines) is 1. The Morgan fingerprint density at radius 1 is 1.67 bits per heavy atom. The predicted octanol–water partition coefficient (Wildman–Crippen LogP) is -0.552. The van der Waals surface area contributed by atoms with Crippen LogP contribution in [-0.4, -0.2) is 59.5 Å². The van der Waals surface area contributed by atoms with Crippen LogP contribution >= 0.6 is 0 Å². The van der Waals surface area contributed by atoms with Crippen LogP contribution in [0.15, 0.2) is 0 Å². The molecular formula is C10H18N2O3. The number of aliphatic hydroxyl groups is 1. The second-order valence-electron chi connectivity index (χ2n) is 4.09. The number of amides is 2. The van der Waals surface area contributed by atoms with Crippen LogP contribution in [0.3, 0.4) is 0 Å². The van der Waals surface area contributed by atoms with Crippen LogP contribution in [0, 0.1) is 0 Å². The highest BCUT2D eigenvalue weighted by atomic mass is 16.3. The van der Waals surface area contributed by atoms with Gasteiger partial charge in [0.2, 0.25) is 11.8 Å². The Labute approximate surface area is 89.7 Å². The fourth-order valence-electron chi connectivity index (χ4n) is 1.74. The monoisotopic (exact) mass is 214 g/mol. The zero-order chi connectivity index (χ0) is 11.4. The third-order valence-electron chi connectivity index (χ3n) is 2.36. The Hall–Kier alpha value is -0.940. The highest BCUT2D eigenvalue weighted by molar-refractivity contribution is 5.97. The molecule has 15 heavy (non-hydrogen) atoms. The third kappa shape index (κ3) is 3.60. The number of hydrogen-bond acceptors (Lipinski definition) is 4. The minimum Gasteiger partial charge on any atom is -0.392 e. The van der Waals surface area contributed by atoms with Crippen LogP contribution in [0.25, 0.3) is 0 Å². The Morgan fingerprint density at radius 3 is 2.80 bits per heavy atom. The summed E-state index contributed by atoms with van der Waals surface area (Å²) in [6.45, 7) is 2.84. The molecule has 1 rings (SSSR count). The number of carbonyl (C=O) groups excluding carboxylic acids is 2. The second kappa shape index (κ2) is 5.23. The van der Waals surface area contributed by atoms with Gasteiger partial charge >= 0.3 is 0 Å². The van der Waals surface area contributed by atoms with Crippen LogP contribution < -0.4 is 0 Å². The molecule has 1 fully saturated rings. The van der Waals surface area contributed by atoms with Gasteiger partial charge < -0.3 is 5.11 Å². The van der Waals surface area contributed by atoms with E-state index in [0.29, 0.717) is 19.5 Å². The van der Waals surface area contributed by atoms with Crippen molar-refractivity contribution in [1.82, 2.24) is 9.80 Å². The molecule has 5 nitrogen and oxygen atoms in total. The summed E-state index contributed by atoms with van der Waals surface area (Å²) in [5.41, 5.74) is 0. The van der Waals surface area contributed by atoms with Crippen molar-refractivity contribution in [2.75, 3.05) is 26.7 Å². The molecule has 86 valence electrons. The summed E-state index contributed by atoms with van der Waals surface area (Å²) < 4.78 is 0. The molecule has 1 aliphatic rings. The number of aliphatic hydroxyl groups excluding tert-OH is 1. The van der Waals surface area contributed by atoms with Gasteiger partial charge in [0.25, 0.3) is 0 Å². The van der Waals surface area contributed by atoms with Crippen molar-refractivity contribution in [1.29, 1.82) is 0 Å². The van der Waals surface area contributed by atoms with E-state index in [0.717, 1.165) is 6.42 Å². The summed E-state index contributed by atoms with van der Waals surface area (Å²) in [6.07, 6.45) is 0.786. The van der Waals surface area contributed by atoms with E-state index in [1.54, 1.807) is 18.9 Å². The fraction of sp³-hybridized carbons (Fsp3) is 0.800. The first kappa shape index (κ1) is 12.1. The molecule has 1 saturated heterocycles. The predicted molar refractivity (Wildman–Crippen MR) is 55.1 cm³/mol. The van der Waals surface area contributed by atoms with Gasteiger partial charge in [0, 0.05) is 19.5 Å². The first-order chi connectivity index (χ1) is 7.00. The zero-order valence-electron chi connectivity index (χ0n) is 9.27. The first-order valence-electron chi connectivity index (χ1n) is 5.20. The van der Waals surface area contributed by atoms with Crippen molar-refractivity contribution in [2.24, 2.45) is 0 Å². The fourth-order valence-corrected chi connectivity index (χ4v) is 1.74. The summed E-state index contributed by atoms with van der Waals surface area (Å²) >= 11 is 0. The molecular weight excluding hydrogens is 196 g/mol. The molecule has 1 atom stereocenters. The molecule has 1 aliphatic heterocycles.